The van der Waals surface area contributed by atoms with Crippen molar-refractivity contribution in [2.45, 2.75) is 32.8 Å². The standard InChI is InChI=1S/C8H17NO2/c1-4-5-8(10)9-6-7(2)11-3/h7H,4-6H2,1-3H3,(H,9,10). The van der Waals surface area contributed by atoms with Gasteiger partial charge in [-0.15, -0.1) is 0 Å². The second-order valence-corrected chi connectivity index (χ2v) is 2.60. The molecule has 3 nitrogen and oxygen atoms in total. The number of carbonyl (C=O) groups is 1. The molecule has 0 aliphatic rings. The van der Waals surface area contributed by atoms with Crippen molar-refractivity contribution >= 4 is 5.91 Å². The first-order chi connectivity index (χ1) is 5.20. The molecule has 0 aliphatic carbocycles. The van der Waals surface area contributed by atoms with Gasteiger partial charge in [-0.25, -0.2) is 0 Å². The molecule has 0 fully saturated rings. The molecule has 3 heteroatoms. The minimum atomic E-state index is 0.107. The van der Waals surface area contributed by atoms with Gasteiger partial charge in [0.2, 0.25) is 5.91 Å². The van der Waals surface area contributed by atoms with Gasteiger partial charge in [-0.1, -0.05) is 6.92 Å². The van der Waals surface area contributed by atoms with E-state index >= 15 is 0 Å². The lowest BCUT2D eigenvalue weighted by Crippen LogP contribution is -2.31. The summed E-state index contributed by atoms with van der Waals surface area (Å²) < 4.78 is 4.96. The Morgan fingerprint density at radius 1 is 1.64 bits per heavy atom. The number of ether oxygens (including phenoxy) is 1. The van der Waals surface area contributed by atoms with Crippen molar-refractivity contribution < 1.29 is 9.53 Å². The van der Waals surface area contributed by atoms with E-state index in [9.17, 15) is 4.79 Å². The molecule has 0 bridgehead atoms. The Bertz CT molecular complexity index is 115. The Balaban J connectivity index is 3.30. The summed E-state index contributed by atoms with van der Waals surface area (Å²) in [6, 6.07) is 0. The van der Waals surface area contributed by atoms with Crippen LogP contribution in [0.4, 0.5) is 0 Å². The number of carbonyl (C=O) groups excluding carboxylic acids is 1. The van der Waals surface area contributed by atoms with Crippen molar-refractivity contribution in [2.75, 3.05) is 13.7 Å². The summed E-state index contributed by atoms with van der Waals surface area (Å²) in [7, 11) is 1.64. The van der Waals surface area contributed by atoms with Crippen LogP contribution >= 0.6 is 0 Å². The Hall–Kier alpha value is -0.570. The average Bonchev–Trinajstić information content (AvgIpc) is 2.01. The van der Waals surface area contributed by atoms with Crippen molar-refractivity contribution in [3.63, 3.8) is 0 Å². The molecular formula is C8H17NO2. The number of hydrogen-bond donors (Lipinski definition) is 1. The molecule has 0 saturated heterocycles. The third-order valence-electron chi connectivity index (χ3n) is 1.47. The predicted molar refractivity (Wildman–Crippen MR) is 44.4 cm³/mol. The highest BCUT2D eigenvalue weighted by atomic mass is 16.5. The molecule has 0 saturated carbocycles. The van der Waals surface area contributed by atoms with Crippen LogP contribution in [0.2, 0.25) is 0 Å². The SMILES string of the molecule is CCCC(=O)NCC(C)OC. The van der Waals surface area contributed by atoms with Crippen molar-refractivity contribution in [2.24, 2.45) is 0 Å². The lowest BCUT2D eigenvalue weighted by Gasteiger charge is -2.09. The normalized spacial score (nSPS) is 12.6. The van der Waals surface area contributed by atoms with E-state index in [1.54, 1.807) is 7.11 Å². The Morgan fingerprint density at radius 3 is 2.73 bits per heavy atom. The molecule has 1 N–H and O–H groups in total. The van der Waals surface area contributed by atoms with E-state index in [1.165, 1.54) is 0 Å². The second-order valence-electron chi connectivity index (χ2n) is 2.60. The number of amides is 1. The minimum absolute atomic E-state index is 0.107. The van der Waals surface area contributed by atoms with Crippen LogP contribution in [-0.2, 0) is 9.53 Å². The lowest BCUT2D eigenvalue weighted by molar-refractivity contribution is -0.121. The summed E-state index contributed by atoms with van der Waals surface area (Å²) >= 11 is 0. The molecule has 0 rings (SSSR count). The smallest absolute Gasteiger partial charge is 0.220 e. The van der Waals surface area contributed by atoms with Gasteiger partial charge in [-0.2, -0.15) is 0 Å². The van der Waals surface area contributed by atoms with Gasteiger partial charge < -0.3 is 10.1 Å². The maximum Gasteiger partial charge on any atom is 0.220 e. The number of hydrogen-bond acceptors (Lipinski definition) is 2. The van der Waals surface area contributed by atoms with E-state index in [1.807, 2.05) is 13.8 Å². The van der Waals surface area contributed by atoms with Crippen molar-refractivity contribution in [1.82, 2.24) is 5.32 Å². The number of methoxy groups -OCH3 is 1. The van der Waals surface area contributed by atoms with Crippen LogP contribution in [0.25, 0.3) is 0 Å². The zero-order chi connectivity index (χ0) is 8.69. The fraction of sp³-hybridized carbons (Fsp3) is 0.875. The molecular weight excluding hydrogens is 142 g/mol. The second kappa shape index (κ2) is 6.16. The summed E-state index contributed by atoms with van der Waals surface area (Å²) in [5.41, 5.74) is 0. The summed E-state index contributed by atoms with van der Waals surface area (Å²) in [4.78, 5) is 10.9. The van der Waals surface area contributed by atoms with Crippen LogP contribution in [0.5, 0.6) is 0 Å². The Morgan fingerprint density at radius 2 is 2.27 bits per heavy atom. The van der Waals surface area contributed by atoms with Crippen LogP contribution in [-0.4, -0.2) is 25.7 Å². The van der Waals surface area contributed by atoms with Gasteiger partial charge in [0.25, 0.3) is 0 Å². The van der Waals surface area contributed by atoms with E-state index < -0.39 is 0 Å². The fourth-order valence-electron chi connectivity index (χ4n) is 0.656. The molecule has 1 unspecified atom stereocenters. The third kappa shape index (κ3) is 5.85. The van der Waals surface area contributed by atoms with Crippen LogP contribution < -0.4 is 5.32 Å². The molecule has 11 heavy (non-hydrogen) atoms. The first-order valence-corrected chi connectivity index (χ1v) is 4.00. The van der Waals surface area contributed by atoms with E-state index in [0.29, 0.717) is 13.0 Å². The first kappa shape index (κ1) is 10.4. The van der Waals surface area contributed by atoms with Crippen molar-refractivity contribution in [3.8, 4) is 0 Å². The quantitative estimate of drug-likeness (QED) is 0.648. The topological polar surface area (TPSA) is 38.3 Å². The fourth-order valence-corrected chi connectivity index (χ4v) is 0.656. The maximum absolute atomic E-state index is 10.9. The zero-order valence-electron chi connectivity index (χ0n) is 7.52. The lowest BCUT2D eigenvalue weighted by atomic mass is 10.3. The van der Waals surface area contributed by atoms with E-state index in [-0.39, 0.29) is 12.0 Å². The van der Waals surface area contributed by atoms with Crippen LogP contribution in [0.15, 0.2) is 0 Å². The largest absolute Gasteiger partial charge is 0.380 e. The Kier molecular flexibility index (Phi) is 5.84. The molecule has 0 aromatic rings. The zero-order valence-corrected chi connectivity index (χ0v) is 7.52. The van der Waals surface area contributed by atoms with Crippen LogP contribution in [0.1, 0.15) is 26.7 Å². The molecule has 0 spiro atoms. The van der Waals surface area contributed by atoms with Gasteiger partial charge in [-0.3, -0.25) is 4.79 Å². The summed E-state index contributed by atoms with van der Waals surface area (Å²) in [6.07, 6.45) is 1.61. The van der Waals surface area contributed by atoms with Crippen molar-refractivity contribution in [1.29, 1.82) is 0 Å². The van der Waals surface area contributed by atoms with E-state index in [4.69, 9.17) is 4.74 Å². The molecule has 0 radical (unpaired) electrons. The first-order valence-electron chi connectivity index (χ1n) is 4.00. The van der Waals surface area contributed by atoms with Gasteiger partial charge in [0.15, 0.2) is 0 Å². The number of rotatable bonds is 5. The summed E-state index contributed by atoms with van der Waals surface area (Å²) in [5.74, 6) is 0.108. The van der Waals surface area contributed by atoms with E-state index in [0.717, 1.165) is 6.42 Å². The van der Waals surface area contributed by atoms with Gasteiger partial charge >= 0.3 is 0 Å². The highest BCUT2D eigenvalue weighted by molar-refractivity contribution is 5.75. The Labute approximate surface area is 68.1 Å². The third-order valence-corrected chi connectivity index (χ3v) is 1.47. The monoisotopic (exact) mass is 159 g/mol. The summed E-state index contributed by atoms with van der Waals surface area (Å²) in [6.45, 7) is 4.51. The molecule has 66 valence electrons. The van der Waals surface area contributed by atoms with Crippen LogP contribution in [0.3, 0.4) is 0 Å². The van der Waals surface area contributed by atoms with E-state index in [2.05, 4.69) is 5.32 Å². The van der Waals surface area contributed by atoms with Crippen LogP contribution in [0, 0.1) is 0 Å². The highest BCUT2D eigenvalue weighted by Crippen LogP contribution is 1.88. The van der Waals surface area contributed by atoms with Gasteiger partial charge in [0.05, 0.1) is 6.10 Å². The highest BCUT2D eigenvalue weighted by Gasteiger charge is 2.01. The minimum Gasteiger partial charge on any atom is -0.380 e. The van der Waals surface area contributed by atoms with Crippen molar-refractivity contribution in [3.05, 3.63) is 0 Å². The molecule has 1 atom stereocenters. The van der Waals surface area contributed by atoms with Gasteiger partial charge in [0, 0.05) is 20.1 Å². The molecule has 0 aromatic carbocycles. The summed E-state index contributed by atoms with van der Waals surface area (Å²) in [5, 5.41) is 2.77. The molecule has 0 aromatic heterocycles. The van der Waals surface area contributed by atoms with Gasteiger partial charge in [-0.05, 0) is 13.3 Å². The predicted octanol–water partition coefficient (Wildman–Crippen LogP) is 0.938. The van der Waals surface area contributed by atoms with Gasteiger partial charge in [0.1, 0.15) is 0 Å². The molecule has 0 heterocycles. The maximum atomic E-state index is 10.9. The molecule has 1 amide bonds. The molecule has 0 aliphatic heterocycles. The number of nitrogens with one attached hydrogen (secondary N) is 1. The average molecular weight is 159 g/mol.